The van der Waals surface area contributed by atoms with Gasteiger partial charge in [-0.2, -0.15) is 11.8 Å². The van der Waals surface area contributed by atoms with Gasteiger partial charge in [-0.1, -0.05) is 27.7 Å². The highest BCUT2D eigenvalue weighted by Gasteiger charge is 2.00. The summed E-state index contributed by atoms with van der Waals surface area (Å²) in [5.74, 6) is 3.39. The van der Waals surface area contributed by atoms with Crippen LogP contribution in [0.25, 0.3) is 0 Å². The molecule has 0 rings (SSSR count). The molecule has 0 saturated heterocycles. The monoisotopic (exact) mass is 203 g/mol. The highest BCUT2D eigenvalue weighted by Crippen LogP contribution is 2.06. The van der Waals surface area contributed by atoms with Crippen LogP contribution in [0.2, 0.25) is 0 Å². The number of hydrogen-bond donors (Lipinski definition) is 1. The molecule has 0 aliphatic carbocycles. The van der Waals surface area contributed by atoms with Crippen molar-refractivity contribution in [2.45, 2.75) is 46.6 Å². The first-order chi connectivity index (χ1) is 6.20. The summed E-state index contributed by atoms with van der Waals surface area (Å²) in [6.45, 7) is 10.2. The third-order valence-corrected chi connectivity index (χ3v) is 3.51. The summed E-state index contributed by atoms with van der Waals surface area (Å²) in [6.07, 6.45) is 2.51. The third kappa shape index (κ3) is 8.63. The molecule has 0 atom stereocenters. The minimum Gasteiger partial charge on any atom is -0.313 e. The summed E-state index contributed by atoms with van der Waals surface area (Å²) in [5, 5.41) is 3.57. The van der Waals surface area contributed by atoms with Crippen LogP contribution in [0.4, 0.5) is 0 Å². The van der Waals surface area contributed by atoms with Gasteiger partial charge >= 0.3 is 0 Å². The zero-order valence-corrected chi connectivity index (χ0v) is 10.4. The first-order valence-corrected chi connectivity index (χ1v) is 6.67. The Morgan fingerprint density at radius 1 is 1.15 bits per heavy atom. The second-order valence-electron chi connectivity index (χ2n) is 3.94. The van der Waals surface area contributed by atoms with Crippen LogP contribution in [0.5, 0.6) is 0 Å². The zero-order chi connectivity index (χ0) is 10.1. The maximum Gasteiger partial charge on any atom is 0.00621 e. The maximum atomic E-state index is 3.57. The molecule has 0 unspecified atom stereocenters. The number of rotatable bonds is 8. The number of thioether (sulfide) groups is 1. The van der Waals surface area contributed by atoms with Gasteiger partial charge in [0.15, 0.2) is 0 Å². The summed E-state index contributed by atoms with van der Waals surface area (Å²) in [6, 6.07) is 0.736. The molecule has 0 aromatic carbocycles. The van der Waals surface area contributed by atoms with Gasteiger partial charge in [0.05, 0.1) is 0 Å². The molecule has 80 valence electrons. The Balaban J connectivity index is 3.14. The minimum atomic E-state index is 0.736. The molecule has 1 N–H and O–H groups in total. The van der Waals surface area contributed by atoms with E-state index in [-0.39, 0.29) is 0 Å². The minimum absolute atomic E-state index is 0.736. The molecule has 0 radical (unpaired) electrons. The van der Waals surface area contributed by atoms with E-state index in [4.69, 9.17) is 0 Å². The molecular weight excluding hydrogens is 178 g/mol. The number of hydrogen-bond acceptors (Lipinski definition) is 2. The Bertz CT molecular complexity index is 100. The fourth-order valence-electron chi connectivity index (χ4n) is 1.23. The summed E-state index contributed by atoms with van der Waals surface area (Å²) in [5.41, 5.74) is 0. The van der Waals surface area contributed by atoms with Crippen LogP contribution in [-0.2, 0) is 0 Å². The molecule has 0 aliphatic rings. The Morgan fingerprint density at radius 3 is 2.23 bits per heavy atom. The van der Waals surface area contributed by atoms with Crippen molar-refractivity contribution in [1.82, 2.24) is 5.32 Å². The lowest BCUT2D eigenvalue weighted by atomic mass is 10.2. The Morgan fingerprint density at radius 2 is 1.77 bits per heavy atom. The van der Waals surface area contributed by atoms with E-state index in [1.54, 1.807) is 0 Å². The Kier molecular flexibility index (Phi) is 9.10. The van der Waals surface area contributed by atoms with Crippen molar-refractivity contribution in [1.29, 1.82) is 0 Å². The molecule has 0 saturated carbocycles. The molecule has 0 spiro atoms. The van der Waals surface area contributed by atoms with Crippen molar-refractivity contribution in [2.75, 3.05) is 18.1 Å². The van der Waals surface area contributed by atoms with Crippen LogP contribution in [0.15, 0.2) is 0 Å². The van der Waals surface area contributed by atoms with Crippen LogP contribution in [0.1, 0.15) is 40.5 Å². The molecular formula is C11H25NS. The summed E-state index contributed by atoms with van der Waals surface area (Å²) >= 11 is 2.06. The van der Waals surface area contributed by atoms with Crippen molar-refractivity contribution >= 4 is 11.8 Å². The van der Waals surface area contributed by atoms with Crippen molar-refractivity contribution in [3.63, 3.8) is 0 Å². The van der Waals surface area contributed by atoms with Crippen LogP contribution in [0, 0.1) is 5.92 Å². The first kappa shape index (κ1) is 13.3. The first-order valence-electron chi connectivity index (χ1n) is 5.51. The average Bonchev–Trinajstić information content (AvgIpc) is 2.11. The van der Waals surface area contributed by atoms with E-state index in [2.05, 4.69) is 44.8 Å². The Labute approximate surface area is 88.1 Å². The Hall–Kier alpha value is 0.310. The average molecular weight is 203 g/mol. The molecule has 0 bridgehead atoms. The van der Waals surface area contributed by atoms with Crippen LogP contribution in [0.3, 0.4) is 0 Å². The quantitative estimate of drug-likeness (QED) is 0.608. The summed E-state index contributed by atoms with van der Waals surface area (Å²) in [4.78, 5) is 0. The molecule has 0 aromatic heterocycles. The maximum absolute atomic E-state index is 3.57. The highest BCUT2D eigenvalue weighted by molar-refractivity contribution is 7.99. The molecule has 1 nitrogen and oxygen atoms in total. The molecule has 0 aliphatic heterocycles. The smallest absolute Gasteiger partial charge is 0.00621 e. The van der Waals surface area contributed by atoms with E-state index in [0.29, 0.717) is 0 Å². The second-order valence-corrected chi connectivity index (χ2v) is 5.09. The van der Waals surface area contributed by atoms with Gasteiger partial charge in [-0.3, -0.25) is 0 Å². The fraction of sp³-hybridized carbons (Fsp3) is 1.00. The molecule has 0 aromatic rings. The van der Waals surface area contributed by atoms with E-state index in [1.165, 1.54) is 30.9 Å². The van der Waals surface area contributed by atoms with E-state index in [1.807, 2.05) is 0 Å². The molecule has 2 heteroatoms. The predicted octanol–water partition coefficient (Wildman–Crippen LogP) is 3.15. The number of nitrogens with one attached hydrogen (secondary N) is 1. The van der Waals surface area contributed by atoms with Gasteiger partial charge in [0.2, 0.25) is 0 Å². The molecule has 0 heterocycles. The topological polar surface area (TPSA) is 12.0 Å². The van der Waals surface area contributed by atoms with Crippen molar-refractivity contribution in [2.24, 2.45) is 5.92 Å². The van der Waals surface area contributed by atoms with Gasteiger partial charge in [-0.25, -0.2) is 0 Å². The van der Waals surface area contributed by atoms with E-state index < -0.39 is 0 Å². The summed E-state index contributed by atoms with van der Waals surface area (Å²) < 4.78 is 0. The van der Waals surface area contributed by atoms with Gasteiger partial charge in [-0.15, -0.1) is 0 Å². The second kappa shape index (κ2) is 8.89. The van der Waals surface area contributed by atoms with Gasteiger partial charge in [0.25, 0.3) is 0 Å². The standard InChI is InChI=1S/C11H25NS/c1-5-11(6-2)12-7-8-13-9-10(3)4/h10-12H,5-9H2,1-4H3. The normalized spacial score (nSPS) is 11.5. The molecule has 0 fully saturated rings. The van der Waals surface area contributed by atoms with Gasteiger partial charge in [0.1, 0.15) is 0 Å². The van der Waals surface area contributed by atoms with Crippen LogP contribution < -0.4 is 5.32 Å². The van der Waals surface area contributed by atoms with Crippen molar-refractivity contribution < 1.29 is 0 Å². The lowest BCUT2D eigenvalue weighted by Crippen LogP contribution is -2.29. The third-order valence-electron chi connectivity index (χ3n) is 2.12. The fourth-order valence-corrected chi connectivity index (χ4v) is 2.13. The molecule has 0 amide bonds. The van der Waals surface area contributed by atoms with Crippen LogP contribution >= 0.6 is 11.8 Å². The van der Waals surface area contributed by atoms with Gasteiger partial charge in [0, 0.05) is 18.3 Å². The van der Waals surface area contributed by atoms with E-state index in [9.17, 15) is 0 Å². The van der Waals surface area contributed by atoms with Crippen molar-refractivity contribution in [3.8, 4) is 0 Å². The van der Waals surface area contributed by atoms with Crippen LogP contribution in [-0.4, -0.2) is 24.1 Å². The lowest BCUT2D eigenvalue weighted by Gasteiger charge is -2.14. The zero-order valence-electron chi connectivity index (χ0n) is 9.60. The largest absolute Gasteiger partial charge is 0.313 e. The predicted molar refractivity (Wildman–Crippen MR) is 64.5 cm³/mol. The van der Waals surface area contributed by atoms with Gasteiger partial charge in [-0.05, 0) is 24.5 Å². The van der Waals surface area contributed by atoms with E-state index in [0.717, 1.165) is 12.0 Å². The van der Waals surface area contributed by atoms with Gasteiger partial charge < -0.3 is 5.32 Å². The SMILES string of the molecule is CCC(CC)NCCSCC(C)C. The molecule has 13 heavy (non-hydrogen) atoms. The lowest BCUT2D eigenvalue weighted by molar-refractivity contribution is 0.501. The van der Waals surface area contributed by atoms with Crippen molar-refractivity contribution in [3.05, 3.63) is 0 Å². The summed E-state index contributed by atoms with van der Waals surface area (Å²) in [7, 11) is 0. The van der Waals surface area contributed by atoms with E-state index >= 15 is 0 Å². The highest BCUT2D eigenvalue weighted by atomic mass is 32.2.